The molecule has 18 heavy (non-hydrogen) atoms. The van der Waals surface area contributed by atoms with Crippen LogP contribution in [-0.4, -0.2) is 0 Å². The van der Waals surface area contributed by atoms with Gasteiger partial charge in [-0.1, -0.05) is 74.4 Å². The Labute approximate surface area is 111 Å². The van der Waals surface area contributed by atoms with E-state index in [-0.39, 0.29) is 0 Å². The van der Waals surface area contributed by atoms with E-state index in [9.17, 15) is 0 Å². The molecule has 0 nitrogen and oxygen atoms in total. The lowest BCUT2D eigenvalue weighted by molar-refractivity contribution is 0.717. The molecule has 0 heterocycles. The molecule has 0 saturated carbocycles. The van der Waals surface area contributed by atoms with Gasteiger partial charge in [-0.15, -0.1) is 0 Å². The zero-order valence-electron chi connectivity index (χ0n) is 11.2. The van der Waals surface area contributed by atoms with Gasteiger partial charge in [-0.05, 0) is 36.0 Å². The Hall–Kier alpha value is -1.56. The molecule has 0 aromatic heterocycles. The molecule has 0 radical (unpaired) electrons. The maximum Gasteiger partial charge on any atom is -0.0163 e. The average Bonchev–Trinajstić information content (AvgIpc) is 2.69. The van der Waals surface area contributed by atoms with Crippen molar-refractivity contribution in [3.05, 3.63) is 65.8 Å². The fraction of sp³-hybridized carbons (Fsp3) is 0.333. The van der Waals surface area contributed by atoms with Gasteiger partial charge >= 0.3 is 0 Å². The number of hydrogen-bond acceptors (Lipinski definition) is 0. The molecule has 0 bridgehead atoms. The van der Waals surface area contributed by atoms with Gasteiger partial charge in [-0.3, -0.25) is 0 Å². The maximum absolute atomic E-state index is 2.27. The highest BCUT2D eigenvalue weighted by atomic mass is 14.0. The van der Waals surface area contributed by atoms with E-state index in [2.05, 4.69) is 61.6 Å². The largest absolute Gasteiger partial charge is 0.0807 e. The molecule has 0 spiro atoms. The fourth-order valence-corrected chi connectivity index (χ4v) is 2.21. The molecule has 1 aliphatic rings. The molecule has 1 aromatic carbocycles. The first-order valence-electron chi connectivity index (χ1n) is 7.03. The molecule has 0 fully saturated rings. The summed E-state index contributed by atoms with van der Waals surface area (Å²) in [7, 11) is 0. The minimum Gasteiger partial charge on any atom is -0.0807 e. The first kappa shape index (κ1) is 12.9. The van der Waals surface area contributed by atoms with Crippen LogP contribution in [0.1, 0.15) is 43.7 Å². The summed E-state index contributed by atoms with van der Waals surface area (Å²) in [5.74, 6) is 0. The van der Waals surface area contributed by atoms with Gasteiger partial charge in [0.25, 0.3) is 0 Å². The first-order chi connectivity index (χ1) is 8.90. The van der Waals surface area contributed by atoms with Gasteiger partial charge in [0.1, 0.15) is 0 Å². The molecule has 0 aliphatic heterocycles. The number of aryl methyl sites for hydroxylation is 1. The van der Waals surface area contributed by atoms with Gasteiger partial charge in [0, 0.05) is 0 Å². The smallest absolute Gasteiger partial charge is 0.0163 e. The molecule has 1 aliphatic carbocycles. The number of allylic oxidation sites excluding steroid dienone is 6. The molecule has 0 N–H and O–H groups in total. The van der Waals surface area contributed by atoms with E-state index in [4.69, 9.17) is 0 Å². The van der Waals surface area contributed by atoms with Crippen molar-refractivity contribution in [1.82, 2.24) is 0 Å². The summed E-state index contributed by atoms with van der Waals surface area (Å²) in [4.78, 5) is 0. The van der Waals surface area contributed by atoms with Gasteiger partial charge in [-0.25, -0.2) is 0 Å². The van der Waals surface area contributed by atoms with Crippen molar-refractivity contribution < 1.29 is 0 Å². The Balaban J connectivity index is 2.03. The maximum atomic E-state index is 2.27. The normalized spacial score (nSPS) is 14.4. The number of benzene rings is 1. The van der Waals surface area contributed by atoms with Crippen LogP contribution in [0.3, 0.4) is 0 Å². The Bertz CT molecular complexity index is 443. The van der Waals surface area contributed by atoms with Crippen LogP contribution >= 0.6 is 0 Å². The van der Waals surface area contributed by atoms with Crippen LogP contribution < -0.4 is 0 Å². The van der Waals surface area contributed by atoms with E-state index in [1.54, 1.807) is 0 Å². The lowest BCUT2D eigenvalue weighted by atomic mass is 10.0. The first-order valence-corrected chi connectivity index (χ1v) is 7.03. The predicted molar refractivity (Wildman–Crippen MR) is 80.5 cm³/mol. The summed E-state index contributed by atoms with van der Waals surface area (Å²) < 4.78 is 0. The summed E-state index contributed by atoms with van der Waals surface area (Å²) in [6.07, 6.45) is 17.1. The highest BCUT2D eigenvalue weighted by Crippen LogP contribution is 2.19. The highest BCUT2D eigenvalue weighted by Gasteiger charge is 1.99. The van der Waals surface area contributed by atoms with Gasteiger partial charge in [0.05, 0.1) is 0 Å². The lowest BCUT2D eigenvalue weighted by Crippen LogP contribution is -1.87. The van der Waals surface area contributed by atoms with Crippen LogP contribution in [0.5, 0.6) is 0 Å². The third kappa shape index (κ3) is 3.73. The Morgan fingerprint density at radius 3 is 2.61 bits per heavy atom. The second-order valence-corrected chi connectivity index (χ2v) is 4.84. The number of rotatable bonds is 5. The van der Waals surface area contributed by atoms with E-state index in [0.717, 1.165) is 6.42 Å². The molecule has 0 saturated heterocycles. The molecule has 94 valence electrons. The van der Waals surface area contributed by atoms with Crippen LogP contribution in [-0.2, 0) is 6.42 Å². The van der Waals surface area contributed by atoms with Crippen molar-refractivity contribution in [2.45, 2.75) is 39.0 Å². The second kappa shape index (κ2) is 7.00. The molecular weight excluding hydrogens is 216 g/mol. The highest BCUT2D eigenvalue weighted by molar-refractivity contribution is 5.75. The third-order valence-electron chi connectivity index (χ3n) is 3.34. The summed E-state index contributed by atoms with van der Waals surface area (Å²) in [6.45, 7) is 2.25. The Kier molecular flexibility index (Phi) is 5.01. The van der Waals surface area contributed by atoms with E-state index >= 15 is 0 Å². The predicted octanol–water partition coefficient (Wildman–Crippen LogP) is 5.32. The molecule has 2 rings (SSSR count). The minimum atomic E-state index is 1.04. The van der Waals surface area contributed by atoms with Gasteiger partial charge in [-0.2, -0.15) is 0 Å². The topological polar surface area (TPSA) is 0 Å². The van der Waals surface area contributed by atoms with Gasteiger partial charge < -0.3 is 0 Å². The SMILES string of the molecule is CCCCCc1ccc(C2=CC=CCC=C2)cc1. The van der Waals surface area contributed by atoms with Gasteiger partial charge in [0.2, 0.25) is 0 Å². The Morgan fingerprint density at radius 2 is 1.83 bits per heavy atom. The van der Waals surface area contributed by atoms with E-state index in [1.807, 2.05) is 0 Å². The second-order valence-electron chi connectivity index (χ2n) is 4.84. The number of unbranched alkanes of at least 4 members (excludes halogenated alkanes) is 2. The zero-order valence-corrected chi connectivity index (χ0v) is 11.2. The van der Waals surface area contributed by atoms with Crippen molar-refractivity contribution in [3.63, 3.8) is 0 Å². The number of hydrogen-bond donors (Lipinski definition) is 0. The van der Waals surface area contributed by atoms with Crippen LogP contribution in [0, 0.1) is 0 Å². The monoisotopic (exact) mass is 238 g/mol. The lowest BCUT2D eigenvalue weighted by Gasteiger charge is -2.04. The van der Waals surface area contributed by atoms with Crippen LogP contribution in [0.4, 0.5) is 0 Å². The molecule has 1 aromatic rings. The van der Waals surface area contributed by atoms with E-state index in [1.165, 1.54) is 42.4 Å². The van der Waals surface area contributed by atoms with Crippen LogP contribution in [0.15, 0.2) is 54.6 Å². The van der Waals surface area contributed by atoms with Crippen molar-refractivity contribution >= 4 is 5.57 Å². The molecule has 0 unspecified atom stereocenters. The summed E-state index contributed by atoms with van der Waals surface area (Å²) in [5.41, 5.74) is 4.09. The molecule has 0 atom stereocenters. The third-order valence-corrected chi connectivity index (χ3v) is 3.34. The molecule has 0 amide bonds. The van der Waals surface area contributed by atoms with Gasteiger partial charge in [0.15, 0.2) is 0 Å². The van der Waals surface area contributed by atoms with Crippen LogP contribution in [0.25, 0.3) is 5.57 Å². The van der Waals surface area contributed by atoms with Crippen molar-refractivity contribution in [2.24, 2.45) is 0 Å². The minimum absolute atomic E-state index is 1.04. The summed E-state index contributed by atoms with van der Waals surface area (Å²) in [6, 6.07) is 9.04. The molecular formula is C18H22. The van der Waals surface area contributed by atoms with Crippen LogP contribution in [0.2, 0.25) is 0 Å². The van der Waals surface area contributed by atoms with E-state index in [0.29, 0.717) is 0 Å². The standard InChI is InChI=1S/C18H22/c1-2-3-6-9-16-12-14-18(15-13-16)17-10-7-4-5-8-11-17/h4,7-8,10-15H,2-3,5-6,9H2,1H3. The fourth-order valence-electron chi connectivity index (χ4n) is 2.21. The average molecular weight is 238 g/mol. The summed E-state index contributed by atoms with van der Waals surface area (Å²) in [5, 5.41) is 0. The van der Waals surface area contributed by atoms with Crippen molar-refractivity contribution in [3.8, 4) is 0 Å². The zero-order chi connectivity index (χ0) is 12.6. The Morgan fingerprint density at radius 1 is 1.00 bits per heavy atom. The summed E-state index contributed by atoms with van der Waals surface area (Å²) >= 11 is 0. The molecule has 0 heteroatoms. The van der Waals surface area contributed by atoms with Crippen molar-refractivity contribution in [2.75, 3.05) is 0 Å². The quantitative estimate of drug-likeness (QED) is 0.609. The van der Waals surface area contributed by atoms with Crippen molar-refractivity contribution in [1.29, 1.82) is 0 Å². The van der Waals surface area contributed by atoms with E-state index < -0.39 is 0 Å².